The smallest absolute Gasteiger partial charge is 0.321 e. The lowest BCUT2D eigenvalue weighted by Crippen LogP contribution is -2.41. The third-order valence-corrected chi connectivity index (χ3v) is 4.08. The Bertz CT molecular complexity index is 764. The van der Waals surface area contributed by atoms with Crippen LogP contribution >= 0.6 is 0 Å². The van der Waals surface area contributed by atoms with Crippen molar-refractivity contribution in [3.05, 3.63) is 48.3 Å². The van der Waals surface area contributed by atoms with E-state index in [1.807, 2.05) is 6.07 Å². The van der Waals surface area contributed by atoms with Crippen LogP contribution < -0.4 is 11.1 Å². The average molecular weight is 327 g/mol. The third-order valence-electron chi connectivity index (χ3n) is 4.08. The lowest BCUT2D eigenvalue weighted by Gasteiger charge is -2.26. The molecular formula is C18H18FN3O2. The highest BCUT2D eigenvalue weighted by Crippen LogP contribution is 2.28. The minimum absolute atomic E-state index is 0.178. The van der Waals surface area contributed by atoms with E-state index in [0.29, 0.717) is 37.3 Å². The van der Waals surface area contributed by atoms with Crippen LogP contribution in [0.2, 0.25) is 0 Å². The SMILES string of the molecule is Nc1ccc(-c2ccc(F)cc2)cc1NC(=O)N1CCC(=O)CC1. The molecule has 2 aromatic rings. The van der Waals surface area contributed by atoms with Crippen LogP contribution in [0.25, 0.3) is 11.1 Å². The highest BCUT2D eigenvalue weighted by Gasteiger charge is 2.21. The Labute approximate surface area is 139 Å². The predicted molar refractivity (Wildman–Crippen MR) is 91.1 cm³/mol. The third kappa shape index (κ3) is 3.53. The Morgan fingerprint density at radius 1 is 1.04 bits per heavy atom. The maximum atomic E-state index is 13.0. The molecule has 3 rings (SSSR count). The van der Waals surface area contributed by atoms with Crippen molar-refractivity contribution >= 4 is 23.2 Å². The number of ketones is 1. The number of nitrogens with two attached hydrogens (primary N) is 1. The van der Waals surface area contributed by atoms with Crippen molar-refractivity contribution < 1.29 is 14.0 Å². The van der Waals surface area contributed by atoms with Gasteiger partial charge in [0.05, 0.1) is 11.4 Å². The first-order chi connectivity index (χ1) is 11.5. The zero-order valence-electron chi connectivity index (χ0n) is 13.1. The summed E-state index contributed by atoms with van der Waals surface area (Å²) in [7, 11) is 0. The molecule has 3 N–H and O–H groups in total. The fourth-order valence-electron chi connectivity index (χ4n) is 2.64. The zero-order chi connectivity index (χ0) is 17.1. The van der Waals surface area contributed by atoms with Gasteiger partial charge in [-0.3, -0.25) is 4.79 Å². The molecule has 1 aliphatic rings. The number of hydrogen-bond acceptors (Lipinski definition) is 3. The van der Waals surface area contributed by atoms with Crippen molar-refractivity contribution in [1.29, 1.82) is 0 Å². The van der Waals surface area contributed by atoms with E-state index in [2.05, 4.69) is 5.32 Å². The first-order valence-electron chi connectivity index (χ1n) is 7.76. The van der Waals surface area contributed by atoms with Crippen molar-refractivity contribution in [2.45, 2.75) is 12.8 Å². The molecule has 0 saturated carbocycles. The topological polar surface area (TPSA) is 75.4 Å². The molecule has 1 saturated heterocycles. The summed E-state index contributed by atoms with van der Waals surface area (Å²) in [5, 5.41) is 2.79. The largest absolute Gasteiger partial charge is 0.397 e. The Hall–Kier alpha value is -2.89. The van der Waals surface area contributed by atoms with Crippen molar-refractivity contribution in [2.75, 3.05) is 24.1 Å². The van der Waals surface area contributed by atoms with Gasteiger partial charge < -0.3 is 16.0 Å². The lowest BCUT2D eigenvalue weighted by atomic mass is 10.0. The first-order valence-corrected chi connectivity index (χ1v) is 7.76. The first kappa shape index (κ1) is 16.0. The molecule has 6 heteroatoms. The van der Waals surface area contributed by atoms with E-state index in [1.54, 1.807) is 29.2 Å². The van der Waals surface area contributed by atoms with Crippen LogP contribution in [0.3, 0.4) is 0 Å². The normalized spacial score (nSPS) is 14.5. The number of benzene rings is 2. The number of piperidine rings is 1. The van der Waals surface area contributed by atoms with Crippen LogP contribution in [0.15, 0.2) is 42.5 Å². The Kier molecular flexibility index (Phi) is 4.46. The summed E-state index contributed by atoms with van der Waals surface area (Å²) in [4.78, 5) is 25.2. The van der Waals surface area contributed by atoms with Crippen molar-refractivity contribution in [1.82, 2.24) is 4.90 Å². The molecular weight excluding hydrogens is 309 g/mol. The summed E-state index contributed by atoms with van der Waals surface area (Å²) in [6, 6.07) is 11.1. The predicted octanol–water partition coefficient (Wildman–Crippen LogP) is 3.27. The van der Waals surface area contributed by atoms with E-state index in [1.165, 1.54) is 12.1 Å². The summed E-state index contributed by atoms with van der Waals surface area (Å²) >= 11 is 0. The van der Waals surface area contributed by atoms with Gasteiger partial charge in [-0.25, -0.2) is 9.18 Å². The minimum atomic E-state index is -0.303. The van der Waals surface area contributed by atoms with E-state index >= 15 is 0 Å². The van der Waals surface area contributed by atoms with E-state index in [4.69, 9.17) is 5.73 Å². The number of halogens is 1. The number of hydrogen-bond donors (Lipinski definition) is 2. The lowest BCUT2D eigenvalue weighted by molar-refractivity contribution is -0.120. The fraction of sp³-hybridized carbons (Fsp3) is 0.222. The maximum absolute atomic E-state index is 13.0. The number of carbonyl (C=O) groups excluding carboxylic acids is 2. The van der Waals surface area contributed by atoms with Crippen LogP contribution in [0.5, 0.6) is 0 Å². The fourth-order valence-corrected chi connectivity index (χ4v) is 2.64. The summed E-state index contributed by atoms with van der Waals surface area (Å²) in [5.41, 5.74) is 8.55. The second-order valence-electron chi connectivity index (χ2n) is 5.76. The number of urea groups is 1. The molecule has 2 amide bonds. The number of anilines is 2. The highest BCUT2D eigenvalue weighted by atomic mass is 19.1. The van der Waals surface area contributed by atoms with Crippen LogP contribution in [0, 0.1) is 5.82 Å². The molecule has 2 aromatic carbocycles. The molecule has 124 valence electrons. The molecule has 1 aliphatic heterocycles. The monoisotopic (exact) mass is 327 g/mol. The van der Waals surface area contributed by atoms with Gasteiger partial charge >= 0.3 is 6.03 Å². The second-order valence-corrected chi connectivity index (χ2v) is 5.76. The van der Waals surface area contributed by atoms with E-state index < -0.39 is 0 Å². The van der Waals surface area contributed by atoms with Crippen molar-refractivity contribution in [3.8, 4) is 11.1 Å². The molecule has 0 spiro atoms. The molecule has 0 atom stereocenters. The molecule has 0 aliphatic carbocycles. The van der Waals surface area contributed by atoms with Crippen LogP contribution in [-0.4, -0.2) is 29.8 Å². The number of rotatable bonds is 2. The number of nitrogens with zero attached hydrogens (tertiary/aromatic N) is 1. The van der Waals surface area contributed by atoms with E-state index in [-0.39, 0.29) is 17.6 Å². The molecule has 0 bridgehead atoms. The van der Waals surface area contributed by atoms with Gasteiger partial charge in [0.25, 0.3) is 0 Å². The standard InChI is InChI=1S/C18H18FN3O2/c19-14-4-1-12(2-5-14)13-3-6-16(20)17(11-13)21-18(24)22-9-7-15(23)8-10-22/h1-6,11H,7-10,20H2,(H,21,24). The second kappa shape index (κ2) is 6.70. The van der Waals surface area contributed by atoms with E-state index in [0.717, 1.165) is 11.1 Å². The molecule has 5 nitrogen and oxygen atoms in total. The van der Waals surface area contributed by atoms with Gasteiger partial charge in [0.15, 0.2) is 0 Å². The summed E-state index contributed by atoms with van der Waals surface area (Å²) in [6.45, 7) is 0.838. The van der Waals surface area contributed by atoms with Crippen LogP contribution in [0.4, 0.5) is 20.6 Å². The van der Waals surface area contributed by atoms with Crippen molar-refractivity contribution in [2.24, 2.45) is 0 Å². The molecule has 1 heterocycles. The van der Waals surface area contributed by atoms with Gasteiger partial charge in [-0.05, 0) is 35.4 Å². The summed E-state index contributed by atoms with van der Waals surface area (Å²) in [6.07, 6.45) is 0.775. The van der Waals surface area contributed by atoms with Gasteiger partial charge in [-0.1, -0.05) is 18.2 Å². The molecule has 0 unspecified atom stereocenters. The highest BCUT2D eigenvalue weighted by molar-refractivity contribution is 5.95. The number of Topliss-reactive ketones (excluding diaryl/α,β-unsaturated/α-hetero) is 1. The van der Waals surface area contributed by atoms with Gasteiger partial charge in [0.2, 0.25) is 0 Å². The van der Waals surface area contributed by atoms with Crippen LogP contribution in [-0.2, 0) is 4.79 Å². The quantitative estimate of drug-likeness (QED) is 0.831. The van der Waals surface area contributed by atoms with Gasteiger partial charge in [0, 0.05) is 25.9 Å². The number of nitrogen functional groups attached to an aromatic ring is 1. The minimum Gasteiger partial charge on any atom is -0.397 e. The Balaban J connectivity index is 1.77. The number of likely N-dealkylation sites (tertiary alicyclic amines) is 1. The molecule has 1 fully saturated rings. The van der Waals surface area contributed by atoms with Gasteiger partial charge in [0.1, 0.15) is 11.6 Å². The van der Waals surface area contributed by atoms with E-state index in [9.17, 15) is 14.0 Å². The zero-order valence-corrected chi connectivity index (χ0v) is 13.1. The molecule has 24 heavy (non-hydrogen) atoms. The molecule has 0 radical (unpaired) electrons. The number of amides is 2. The molecule has 0 aromatic heterocycles. The van der Waals surface area contributed by atoms with Crippen molar-refractivity contribution in [3.63, 3.8) is 0 Å². The summed E-state index contributed by atoms with van der Waals surface area (Å²) in [5.74, 6) is -0.126. The average Bonchev–Trinajstić information content (AvgIpc) is 2.58. The summed E-state index contributed by atoms with van der Waals surface area (Å²) < 4.78 is 13.0. The number of nitrogens with one attached hydrogen (secondary N) is 1. The number of carbonyl (C=O) groups is 2. The Morgan fingerprint density at radius 3 is 2.33 bits per heavy atom. The van der Waals surface area contributed by atoms with Gasteiger partial charge in [-0.15, -0.1) is 0 Å². The Morgan fingerprint density at radius 2 is 1.67 bits per heavy atom. The van der Waals surface area contributed by atoms with Crippen LogP contribution in [0.1, 0.15) is 12.8 Å². The van der Waals surface area contributed by atoms with Gasteiger partial charge in [-0.2, -0.15) is 0 Å². The maximum Gasteiger partial charge on any atom is 0.321 e.